The van der Waals surface area contributed by atoms with Crippen LogP contribution in [-0.2, 0) is 9.59 Å². The Morgan fingerprint density at radius 1 is 1.31 bits per heavy atom. The molecule has 138 valence electrons. The molecular weight excluding hydrogens is 336 g/mol. The highest BCUT2D eigenvalue weighted by atomic mass is 16.5. The van der Waals surface area contributed by atoms with Gasteiger partial charge >= 0.3 is 5.97 Å². The molecule has 0 saturated carbocycles. The first-order valence-electron chi connectivity index (χ1n) is 8.70. The lowest BCUT2D eigenvalue weighted by molar-refractivity contribution is -0.141. The van der Waals surface area contributed by atoms with Gasteiger partial charge in [0.05, 0.1) is 30.6 Å². The molecule has 2 N–H and O–H groups in total. The number of amides is 1. The van der Waals surface area contributed by atoms with E-state index in [4.69, 9.17) is 9.84 Å². The SMILES string of the molecule is O=C(O)CCC(=O)N1CCC[C@@H](COc2ccc(-c3ccn[nH]3)nc2)C1. The number of rotatable bonds is 7. The molecule has 1 fully saturated rings. The number of H-pyrrole nitrogens is 1. The van der Waals surface area contributed by atoms with Gasteiger partial charge in [0.2, 0.25) is 5.91 Å². The third-order valence-corrected chi connectivity index (χ3v) is 4.42. The molecule has 0 aromatic carbocycles. The highest BCUT2D eigenvalue weighted by Crippen LogP contribution is 2.21. The van der Waals surface area contributed by atoms with Crippen LogP contribution in [0.1, 0.15) is 25.7 Å². The summed E-state index contributed by atoms with van der Waals surface area (Å²) in [6, 6.07) is 5.58. The van der Waals surface area contributed by atoms with Crippen molar-refractivity contribution in [2.24, 2.45) is 5.92 Å². The number of nitrogens with one attached hydrogen (secondary N) is 1. The van der Waals surface area contributed by atoms with Crippen molar-refractivity contribution < 1.29 is 19.4 Å². The van der Waals surface area contributed by atoms with Crippen LogP contribution in [0.5, 0.6) is 5.75 Å². The van der Waals surface area contributed by atoms with E-state index in [1.54, 1.807) is 17.3 Å². The zero-order valence-corrected chi connectivity index (χ0v) is 14.4. The van der Waals surface area contributed by atoms with Crippen molar-refractivity contribution in [3.8, 4) is 17.1 Å². The van der Waals surface area contributed by atoms with Crippen molar-refractivity contribution in [2.75, 3.05) is 19.7 Å². The summed E-state index contributed by atoms with van der Waals surface area (Å²) in [6.45, 7) is 1.81. The van der Waals surface area contributed by atoms with Crippen molar-refractivity contribution in [1.82, 2.24) is 20.1 Å². The molecule has 1 aliphatic heterocycles. The number of carboxylic acid groups (broad SMARTS) is 1. The van der Waals surface area contributed by atoms with Crippen LogP contribution >= 0.6 is 0 Å². The summed E-state index contributed by atoms with van der Waals surface area (Å²) in [5, 5.41) is 15.5. The van der Waals surface area contributed by atoms with E-state index in [0.29, 0.717) is 25.4 Å². The zero-order valence-electron chi connectivity index (χ0n) is 14.4. The van der Waals surface area contributed by atoms with E-state index in [9.17, 15) is 9.59 Å². The molecule has 0 bridgehead atoms. The maximum atomic E-state index is 12.1. The van der Waals surface area contributed by atoms with E-state index >= 15 is 0 Å². The van der Waals surface area contributed by atoms with Crippen LogP contribution in [-0.4, -0.2) is 56.8 Å². The molecule has 0 radical (unpaired) electrons. The molecule has 26 heavy (non-hydrogen) atoms. The second-order valence-electron chi connectivity index (χ2n) is 6.40. The number of carboxylic acids is 1. The molecule has 0 unspecified atom stereocenters. The number of carbonyl (C=O) groups excluding carboxylic acids is 1. The number of piperidine rings is 1. The fourth-order valence-electron chi connectivity index (χ4n) is 3.04. The Kier molecular flexibility index (Phi) is 5.83. The van der Waals surface area contributed by atoms with E-state index in [1.165, 1.54) is 0 Å². The van der Waals surface area contributed by atoms with E-state index < -0.39 is 5.97 Å². The number of carbonyl (C=O) groups is 2. The summed E-state index contributed by atoms with van der Waals surface area (Å²) in [4.78, 5) is 28.8. The first-order valence-corrected chi connectivity index (χ1v) is 8.70. The molecule has 3 rings (SSSR count). The van der Waals surface area contributed by atoms with Crippen molar-refractivity contribution in [3.63, 3.8) is 0 Å². The van der Waals surface area contributed by atoms with E-state index in [0.717, 1.165) is 24.2 Å². The highest BCUT2D eigenvalue weighted by molar-refractivity contribution is 5.80. The molecule has 2 aromatic heterocycles. The van der Waals surface area contributed by atoms with Gasteiger partial charge < -0.3 is 14.7 Å². The van der Waals surface area contributed by atoms with Gasteiger partial charge in [-0.3, -0.25) is 19.7 Å². The van der Waals surface area contributed by atoms with Gasteiger partial charge in [-0.2, -0.15) is 5.10 Å². The lowest BCUT2D eigenvalue weighted by Gasteiger charge is -2.32. The maximum absolute atomic E-state index is 12.1. The van der Waals surface area contributed by atoms with Gasteiger partial charge in [0.15, 0.2) is 0 Å². The Hall–Kier alpha value is -2.90. The fraction of sp³-hybridized carbons (Fsp3) is 0.444. The summed E-state index contributed by atoms with van der Waals surface area (Å²) in [5.74, 6) is -0.114. The summed E-state index contributed by atoms with van der Waals surface area (Å²) in [6.07, 6.45) is 5.18. The molecule has 1 amide bonds. The summed E-state index contributed by atoms with van der Waals surface area (Å²) >= 11 is 0. The molecule has 3 heterocycles. The van der Waals surface area contributed by atoms with Gasteiger partial charge in [-0.1, -0.05) is 0 Å². The first kappa shape index (κ1) is 17.9. The molecule has 0 spiro atoms. The molecule has 1 saturated heterocycles. The highest BCUT2D eigenvalue weighted by Gasteiger charge is 2.24. The standard InChI is InChI=1S/C18H22N4O4/c23-17(5-6-18(24)25)22-9-1-2-13(11-22)12-26-14-3-4-15(19-10-14)16-7-8-20-21-16/h3-4,7-8,10,13H,1-2,5-6,9,11-12H2,(H,20,21)(H,24,25)/t13-/m1/s1. The van der Waals surface area contributed by atoms with Crippen LogP contribution in [0.3, 0.4) is 0 Å². The van der Waals surface area contributed by atoms with Crippen molar-refractivity contribution in [2.45, 2.75) is 25.7 Å². The fourth-order valence-corrected chi connectivity index (χ4v) is 3.04. The Labute approximate surface area is 151 Å². The largest absolute Gasteiger partial charge is 0.492 e. The average Bonchev–Trinajstić information content (AvgIpc) is 3.20. The second kappa shape index (κ2) is 8.46. The van der Waals surface area contributed by atoms with E-state index in [1.807, 2.05) is 18.2 Å². The predicted octanol–water partition coefficient (Wildman–Crippen LogP) is 1.95. The van der Waals surface area contributed by atoms with Crippen LogP contribution in [0.4, 0.5) is 0 Å². The normalized spacial score (nSPS) is 17.1. The summed E-state index contributed by atoms with van der Waals surface area (Å²) in [5.41, 5.74) is 1.64. The van der Waals surface area contributed by atoms with Gasteiger partial charge in [-0.05, 0) is 31.0 Å². The maximum Gasteiger partial charge on any atom is 0.303 e. The molecular formula is C18H22N4O4. The van der Waals surface area contributed by atoms with Crippen molar-refractivity contribution in [1.29, 1.82) is 0 Å². The molecule has 2 aromatic rings. The van der Waals surface area contributed by atoms with Crippen LogP contribution in [0.2, 0.25) is 0 Å². The number of aromatic amines is 1. The van der Waals surface area contributed by atoms with Crippen LogP contribution in [0.25, 0.3) is 11.4 Å². The predicted molar refractivity (Wildman–Crippen MR) is 93.5 cm³/mol. The number of hydrogen-bond donors (Lipinski definition) is 2. The average molecular weight is 358 g/mol. The monoisotopic (exact) mass is 358 g/mol. The number of likely N-dealkylation sites (tertiary alicyclic amines) is 1. The Balaban J connectivity index is 1.48. The van der Waals surface area contributed by atoms with Gasteiger partial charge in [-0.25, -0.2) is 0 Å². The first-order chi connectivity index (χ1) is 12.6. The minimum atomic E-state index is -0.943. The summed E-state index contributed by atoms with van der Waals surface area (Å²) < 4.78 is 5.82. The zero-order chi connectivity index (χ0) is 18.4. The van der Waals surface area contributed by atoms with Crippen LogP contribution in [0, 0.1) is 5.92 Å². The van der Waals surface area contributed by atoms with Crippen LogP contribution < -0.4 is 4.74 Å². The van der Waals surface area contributed by atoms with Gasteiger partial charge in [0.25, 0.3) is 0 Å². The van der Waals surface area contributed by atoms with Gasteiger partial charge in [0.1, 0.15) is 5.75 Å². The molecule has 8 heteroatoms. The smallest absolute Gasteiger partial charge is 0.303 e. The molecule has 8 nitrogen and oxygen atoms in total. The number of ether oxygens (including phenoxy) is 1. The second-order valence-corrected chi connectivity index (χ2v) is 6.40. The third-order valence-electron chi connectivity index (χ3n) is 4.42. The molecule has 0 aliphatic carbocycles. The third kappa shape index (κ3) is 4.81. The van der Waals surface area contributed by atoms with Crippen molar-refractivity contribution >= 4 is 11.9 Å². The lowest BCUT2D eigenvalue weighted by atomic mass is 9.98. The minimum absolute atomic E-state index is 0.0574. The molecule has 1 atom stereocenters. The van der Waals surface area contributed by atoms with Crippen LogP contribution in [0.15, 0.2) is 30.6 Å². The lowest BCUT2D eigenvalue weighted by Crippen LogP contribution is -2.41. The number of pyridine rings is 1. The number of nitrogens with zero attached hydrogens (tertiary/aromatic N) is 3. The minimum Gasteiger partial charge on any atom is -0.492 e. The van der Waals surface area contributed by atoms with Crippen molar-refractivity contribution in [3.05, 3.63) is 30.6 Å². The Bertz CT molecular complexity index is 730. The Morgan fingerprint density at radius 3 is 2.88 bits per heavy atom. The number of aromatic nitrogens is 3. The van der Waals surface area contributed by atoms with Gasteiger partial charge in [-0.15, -0.1) is 0 Å². The number of hydrogen-bond acceptors (Lipinski definition) is 5. The Morgan fingerprint density at radius 2 is 2.19 bits per heavy atom. The number of aliphatic carboxylic acids is 1. The van der Waals surface area contributed by atoms with E-state index in [2.05, 4.69) is 15.2 Å². The summed E-state index contributed by atoms with van der Waals surface area (Å²) in [7, 11) is 0. The quantitative estimate of drug-likeness (QED) is 0.783. The van der Waals surface area contributed by atoms with E-state index in [-0.39, 0.29) is 24.7 Å². The van der Waals surface area contributed by atoms with Gasteiger partial charge in [0, 0.05) is 31.6 Å². The topological polar surface area (TPSA) is 108 Å². The molecule has 1 aliphatic rings.